The number of aliphatic hydroxyl groups is 1. The minimum Gasteiger partial charge on any atom is -0.461 e. The van der Waals surface area contributed by atoms with E-state index in [0.717, 1.165) is 5.56 Å². The lowest BCUT2D eigenvalue weighted by Crippen LogP contribution is -2.57. The van der Waals surface area contributed by atoms with Crippen LogP contribution in [-0.4, -0.2) is 69.1 Å². The molecule has 1 N–H and O–H groups in total. The van der Waals surface area contributed by atoms with Crippen molar-refractivity contribution in [1.82, 2.24) is 4.90 Å². The van der Waals surface area contributed by atoms with Crippen molar-refractivity contribution in [2.45, 2.75) is 34.9 Å². The number of ether oxygens (including phenoxy) is 1. The normalized spacial score (nSPS) is 32.3. The minimum absolute atomic E-state index is 0.148. The van der Waals surface area contributed by atoms with Crippen molar-refractivity contribution < 1.29 is 24.2 Å². The van der Waals surface area contributed by atoms with Crippen LogP contribution in [0.5, 0.6) is 0 Å². The van der Waals surface area contributed by atoms with Gasteiger partial charge in [-0.3, -0.25) is 14.4 Å². The van der Waals surface area contributed by atoms with Crippen LogP contribution in [0.25, 0.3) is 0 Å². The molecule has 4 aliphatic rings. The lowest BCUT2D eigenvalue weighted by Gasteiger charge is -2.39. The lowest BCUT2D eigenvalue weighted by atomic mass is 9.75. The first kappa shape index (κ1) is 26.2. The molecule has 0 aromatic heterocycles. The van der Waals surface area contributed by atoms with Crippen molar-refractivity contribution in [2.75, 3.05) is 24.7 Å². The molecule has 7 nitrogen and oxygen atoms in total. The van der Waals surface area contributed by atoms with E-state index < -0.39 is 39.4 Å². The van der Waals surface area contributed by atoms with Crippen LogP contribution >= 0.6 is 23.4 Å². The molecule has 2 aromatic carbocycles. The average Bonchev–Trinajstić information content (AvgIpc) is 3.19. The third-order valence-electron chi connectivity index (χ3n) is 8.31. The SMILES string of the molecule is C[C@@]12C=CCOC(=O)[C@@H]1[C@H]1C(=O)N([C@@H](CO)Cc3ccccc3)C3C(=O)N(c4ccccc4Cl)CC=C[C@@]31S2. The Morgan fingerprint density at radius 1 is 1.03 bits per heavy atom. The van der Waals surface area contributed by atoms with E-state index in [1.54, 1.807) is 28.0 Å². The van der Waals surface area contributed by atoms with Gasteiger partial charge in [-0.2, -0.15) is 0 Å². The summed E-state index contributed by atoms with van der Waals surface area (Å²) in [4.78, 5) is 45.6. The zero-order valence-electron chi connectivity index (χ0n) is 21.4. The smallest absolute Gasteiger partial charge is 0.311 e. The van der Waals surface area contributed by atoms with Gasteiger partial charge < -0.3 is 19.6 Å². The Morgan fingerprint density at radius 3 is 2.51 bits per heavy atom. The first-order valence-electron chi connectivity index (χ1n) is 13.1. The summed E-state index contributed by atoms with van der Waals surface area (Å²) in [5, 5.41) is 11.0. The molecule has 0 saturated carbocycles. The van der Waals surface area contributed by atoms with E-state index in [1.165, 1.54) is 11.8 Å². The highest BCUT2D eigenvalue weighted by molar-refractivity contribution is 8.02. The molecule has 2 fully saturated rings. The summed E-state index contributed by atoms with van der Waals surface area (Å²) >= 11 is 8.01. The van der Waals surface area contributed by atoms with E-state index in [9.17, 15) is 19.5 Å². The van der Waals surface area contributed by atoms with Crippen LogP contribution in [0.2, 0.25) is 5.02 Å². The zero-order chi connectivity index (χ0) is 27.4. The molecule has 1 unspecified atom stereocenters. The van der Waals surface area contributed by atoms with Crippen LogP contribution in [0.1, 0.15) is 12.5 Å². The second kappa shape index (κ2) is 9.84. The van der Waals surface area contributed by atoms with Crippen molar-refractivity contribution in [3.63, 3.8) is 0 Å². The number of aliphatic hydroxyl groups excluding tert-OH is 1. The molecule has 0 aliphatic carbocycles. The quantitative estimate of drug-likeness (QED) is 0.441. The number of carbonyl (C=O) groups is 3. The maximum Gasteiger partial charge on any atom is 0.311 e. The summed E-state index contributed by atoms with van der Waals surface area (Å²) in [5.74, 6) is -2.66. The number of amides is 2. The van der Waals surface area contributed by atoms with Gasteiger partial charge in [-0.1, -0.05) is 72.3 Å². The number of rotatable bonds is 5. The number of hydrogen-bond donors (Lipinski definition) is 1. The van der Waals surface area contributed by atoms with Crippen LogP contribution < -0.4 is 4.90 Å². The Labute approximate surface area is 236 Å². The van der Waals surface area contributed by atoms with Gasteiger partial charge in [-0.15, -0.1) is 11.8 Å². The van der Waals surface area contributed by atoms with Gasteiger partial charge in [0.05, 0.1) is 39.9 Å². The molecule has 1 spiro atoms. The van der Waals surface area contributed by atoms with Gasteiger partial charge in [-0.05, 0) is 37.1 Å². The maximum absolute atomic E-state index is 14.6. The van der Waals surface area contributed by atoms with Gasteiger partial charge >= 0.3 is 5.97 Å². The van der Waals surface area contributed by atoms with Gasteiger partial charge in [0, 0.05) is 11.3 Å². The highest BCUT2D eigenvalue weighted by atomic mass is 35.5. The van der Waals surface area contributed by atoms with Crippen molar-refractivity contribution in [3.05, 3.63) is 89.5 Å². The van der Waals surface area contributed by atoms with E-state index in [1.807, 2.05) is 67.6 Å². The van der Waals surface area contributed by atoms with E-state index in [-0.39, 0.29) is 31.6 Å². The van der Waals surface area contributed by atoms with Crippen LogP contribution in [0.3, 0.4) is 0 Å². The number of esters is 1. The predicted octanol–water partition coefficient (Wildman–Crippen LogP) is 3.65. The Balaban J connectivity index is 1.51. The van der Waals surface area contributed by atoms with Gasteiger partial charge in [0.2, 0.25) is 5.91 Å². The minimum atomic E-state index is -1.03. The fourth-order valence-corrected chi connectivity index (χ4v) is 9.09. The monoisotopic (exact) mass is 564 g/mol. The molecule has 0 bridgehead atoms. The summed E-state index contributed by atoms with van der Waals surface area (Å²) in [5.41, 5.74) is 1.48. The number of nitrogens with zero attached hydrogens (tertiary/aromatic N) is 2. The third kappa shape index (κ3) is 4.03. The standard InChI is InChI=1S/C30H29ClN2O5S/c1-29-13-8-16-38-28(37)24(29)23-26(35)33(20(18-34)17-19-9-3-2-4-10-19)25-27(36)32(15-7-14-30(23,25)39-29)22-12-6-5-11-21(22)31/h2-14,20,23-25,34H,15-18H2,1H3/t20-,23+,24+,25?,29-,30+/m1/s1. The number of para-hydroxylation sites is 1. The Bertz CT molecular complexity index is 1380. The van der Waals surface area contributed by atoms with E-state index in [2.05, 4.69) is 0 Å². The molecule has 9 heteroatoms. The van der Waals surface area contributed by atoms with E-state index in [0.29, 0.717) is 17.1 Å². The molecule has 2 aromatic rings. The molecule has 2 saturated heterocycles. The number of anilines is 1. The summed E-state index contributed by atoms with van der Waals surface area (Å²) in [6.07, 6.45) is 7.95. The second-order valence-corrected chi connectivity index (χ2v) is 12.8. The van der Waals surface area contributed by atoms with Crippen molar-refractivity contribution in [2.24, 2.45) is 11.8 Å². The number of thioether (sulfide) groups is 1. The zero-order valence-corrected chi connectivity index (χ0v) is 23.0. The maximum atomic E-state index is 14.6. The molecule has 6 rings (SSSR count). The summed E-state index contributed by atoms with van der Waals surface area (Å²) in [6, 6.07) is 15.1. The largest absolute Gasteiger partial charge is 0.461 e. The summed E-state index contributed by atoms with van der Waals surface area (Å²) in [6.45, 7) is 2.02. The summed E-state index contributed by atoms with van der Waals surface area (Å²) in [7, 11) is 0. The molecule has 6 atom stereocenters. The van der Waals surface area contributed by atoms with Crippen molar-refractivity contribution in [1.29, 1.82) is 0 Å². The first-order chi connectivity index (χ1) is 18.8. The Kier molecular flexibility index (Phi) is 6.60. The van der Waals surface area contributed by atoms with Gasteiger partial charge in [0.15, 0.2) is 0 Å². The van der Waals surface area contributed by atoms with Gasteiger partial charge in [0.1, 0.15) is 12.6 Å². The van der Waals surface area contributed by atoms with Crippen molar-refractivity contribution >= 4 is 46.8 Å². The van der Waals surface area contributed by atoms with Crippen LogP contribution in [-0.2, 0) is 25.5 Å². The third-order valence-corrected chi connectivity index (χ3v) is 10.4. The number of cyclic esters (lactones) is 1. The molecular formula is C30H29ClN2O5S. The number of fused-ring (bicyclic) bond motifs is 2. The molecule has 39 heavy (non-hydrogen) atoms. The van der Waals surface area contributed by atoms with Crippen LogP contribution in [0.4, 0.5) is 5.69 Å². The highest BCUT2D eigenvalue weighted by Gasteiger charge is 2.74. The lowest BCUT2D eigenvalue weighted by molar-refractivity contribution is -0.153. The van der Waals surface area contributed by atoms with Crippen LogP contribution in [0, 0.1) is 11.8 Å². The average molecular weight is 565 g/mol. The van der Waals surface area contributed by atoms with Crippen LogP contribution in [0.15, 0.2) is 78.9 Å². The topological polar surface area (TPSA) is 87.1 Å². The summed E-state index contributed by atoms with van der Waals surface area (Å²) < 4.78 is 3.73. The van der Waals surface area contributed by atoms with Gasteiger partial charge in [0.25, 0.3) is 5.91 Å². The van der Waals surface area contributed by atoms with E-state index >= 15 is 0 Å². The van der Waals surface area contributed by atoms with Crippen molar-refractivity contribution in [3.8, 4) is 0 Å². The molecule has 4 aliphatic heterocycles. The fourth-order valence-electron chi connectivity index (χ4n) is 6.71. The van der Waals surface area contributed by atoms with Gasteiger partial charge in [-0.25, -0.2) is 0 Å². The first-order valence-corrected chi connectivity index (χ1v) is 14.3. The molecule has 4 heterocycles. The Morgan fingerprint density at radius 2 is 1.77 bits per heavy atom. The molecule has 2 amide bonds. The Hall–Kier alpha value is -3.07. The fraction of sp³-hybridized carbons (Fsp3) is 0.367. The highest BCUT2D eigenvalue weighted by Crippen LogP contribution is 2.65. The molecule has 202 valence electrons. The molecular weight excluding hydrogens is 536 g/mol. The number of halogens is 1. The number of carbonyl (C=O) groups excluding carboxylic acids is 3. The predicted molar refractivity (Wildman–Crippen MR) is 150 cm³/mol. The number of benzene rings is 2. The number of hydrogen-bond acceptors (Lipinski definition) is 6. The second-order valence-electron chi connectivity index (χ2n) is 10.6. The number of likely N-dealkylation sites (tertiary alicyclic amines) is 1. The van der Waals surface area contributed by atoms with E-state index in [4.69, 9.17) is 16.3 Å². The molecule has 0 radical (unpaired) electrons.